The first kappa shape index (κ1) is 12.2. The average molecular weight is 325 g/mol. The summed E-state index contributed by atoms with van der Waals surface area (Å²) in [5.41, 5.74) is 1.08. The third-order valence-electron chi connectivity index (χ3n) is 1.90. The number of aromatic nitrogens is 2. The molecule has 4 heteroatoms. The monoisotopic (exact) mass is 324 g/mol. The smallest absolute Gasteiger partial charge is 0.146 e. The van der Waals surface area contributed by atoms with Gasteiger partial charge in [-0.25, -0.2) is 9.97 Å². The molecule has 0 N–H and O–H groups in total. The molecular weight excluding hydrogens is 310 g/mol. The van der Waals surface area contributed by atoms with E-state index in [1.807, 2.05) is 0 Å². The molecule has 0 radical (unpaired) electrons. The fraction of sp³-hybridized carbons (Fsp3) is 0.600. The van der Waals surface area contributed by atoms with Gasteiger partial charge in [0, 0.05) is 5.92 Å². The minimum absolute atomic E-state index is 0.333. The number of aryl methyl sites for hydroxylation is 1. The summed E-state index contributed by atoms with van der Waals surface area (Å²) in [4.78, 5) is 8.78. The number of nitrogens with zero attached hydrogens (tertiary/aromatic N) is 2. The Bertz CT molecular complexity index is 326. The molecule has 0 bridgehead atoms. The van der Waals surface area contributed by atoms with Gasteiger partial charge in [-0.15, -0.1) is 0 Å². The van der Waals surface area contributed by atoms with E-state index >= 15 is 0 Å². The Balaban J connectivity index is 3.14. The van der Waals surface area contributed by atoms with Crippen molar-refractivity contribution in [3.8, 4) is 0 Å². The van der Waals surface area contributed by atoms with Crippen LogP contribution in [0.2, 0.25) is 5.15 Å². The minimum atomic E-state index is 0.333. The largest absolute Gasteiger partial charge is 0.236 e. The van der Waals surface area contributed by atoms with Crippen LogP contribution in [0.25, 0.3) is 0 Å². The molecule has 0 amide bonds. The van der Waals surface area contributed by atoms with Crippen molar-refractivity contribution in [1.82, 2.24) is 9.97 Å². The van der Waals surface area contributed by atoms with E-state index in [0.29, 0.717) is 11.1 Å². The van der Waals surface area contributed by atoms with E-state index in [2.05, 4.69) is 53.3 Å². The fourth-order valence-corrected chi connectivity index (χ4v) is 1.85. The van der Waals surface area contributed by atoms with E-state index < -0.39 is 0 Å². The lowest BCUT2D eigenvalue weighted by Gasteiger charge is -2.09. The van der Waals surface area contributed by atoms with Crippen LogP contribution in [-0.4, -0.2) is 9.97 Å². The number of halogens is 2. The Morgan fingerprint density at radius 2 is 2.00 bits per heavy atom. The van der Waals surface area contributed by atoms with E-state index in [1.54, 1.807) is 0 Å². The molecule has 14 heavy (non-hydrogen) atoms. The topological polar surface area (TPSA) is 25.8 Å². The zero-order valence-corrected chi connectivity index (χ0v) is 11.6. The van der Waals surface area contributed by atoms with Crippen molar-refractivity contribution in [3.63, 3.8) is 0 Å². The quantitative estimate of drug-likeness (QED) is 0.624. The maximum absolute atomic E-state index is 6.04. The predicted molar refractivity (Wildman–Crippen MR) is 67.8 cm³/mol. The number of hydrogen-bond acceptors (Lipinski definition) is 2. The molecule has 0 spiro atoms. The molecule has 0 fully saturated rings. The summed E-state index contributed by atoms with van der Waals surface area (Å²) >= 11 is 8.25. The molecule has 1 aromatic heterocycles. The summed E-state index contributed by atoms with van der Waals surface area (Å²) < 4.78 is 0.996. The van der Waals surface area contributed by atoms with Gasteiger partial charge in [0.2, 0.25) is 0 Å². The van der Waals surface area contributed by atoms with Crippen molar-refractivity contribution in [1.29, 1.82) is 0 Å². The van der Waals surface area contributed by atoms with Gasteiger partial charge in [0.15, 0.2) is 0 Å². The summed E-state index contributed by atoms with van der Waals surface area (Å²) in [7, 11) is 0. The summed E-state index contributed by atoms with van der Waals surface area (Å²) in [6.07, 6.45) is 2.06. The standard InChI is InChI=1S/C10H14ClIN2/c1-4-5-7-8(12)9(11)14-10(13-7)6(2)3/h6H,4-5H2,1-3H3. The van der Waals surface area contributed by atoms with Gasteiger partial charge in [-0.05, 0) is 29.0 Å². The number of hydrogen-bond donors (Lipinski definition) is 0. The summed E-state index contributed by atoms with van der Waals surface area (Å²) in [6, 6.07) is 0. The molecule has 0 saturated heterocycles. The van der Waals surface area contributed by atoms with Crippen molar-refractivity contribution in [2.45, 2.75) is 39.5 Å². The molecule has 2 nitrogen and oxygen atoms in total. The highest BCUT2D eigenvalue weighted by molar-refractivity contribution is 14.1. The lowest BCUT2D eigenvalue weighted by Crippen LogP contribution is -2.04. The second kappa shape index (κ2) is 5.26. The number of rotatable bonds is 3. The molecule has 1 rings (SSSR count). The van der Waals surface area contributed by atoms with Crippen LogP contribution < -0.4 is 0 Å². The van der Waals surface area contributed by atoms with Gasteiger partial charge < -0.3 is 0 Å². The van der Waals surface area contributed by atoms with Crippen molar-refractivity contribution in [2.24, 2.45) is 0 Å². The van der Waals surface area contributed by atoms with Gasteiger partial charge in [0.25, 0.3) is 0 Å². The zero-order chi connectivity index (χ0) is 10.7. The molecule has 78 valence electrons. The van der Waals surface area contributed by atoms with Crippen LogP contribution in [0.4, 0.5) is 0 Å². The summed E-state index contributed by atoms with van der Waals surface area (Å²) in [6.45, 7) is 6.30. The maximum atomic E-state index is 6.04. The Morgan fingerprint density at radius 1 is 1.36 bits per heavy atom. The molecule has 1 aromatic rings. The van der Waals surface area contributed by atoms with Crippen LogP contribution in [0.3, 0.4) is 0 Å². The van der Waals surface area contributed by atoms with Gasteiger partial charge >= 0.3 is 0 Å². The highest BCUT2D eigenvalue weighted by Gasteiger charge is 2.11. The molecule has 0 saturated carbocycles. The molecule has 1 heterocycles. The van der Waals surface area contributed by atoms with Crippen molar-refractivity contribution >= 4 is 34.2 Å². The van der Waals surface area contributed by atoms with Gasteiger partial charge in [0.05, 0.1) is 9.26 Å². The molecule has 0 unspecified atom stereocenters. The second-order valence-corrected chi connectivity index (χ2v) is 4.97. The Labute approximate surface area is 104 Å². The molecular formula is C10H14ClIN2. The van der Waals surface area contributed by atoms with Crippen LogP contribution in [0, 0.1) is 3.57 Å². The molecule has 0 aliphatic heterocycles. The van der Waals surface area contributed by atoms with Gasteiger partial charge in [0.1, 0.15) is 11.0 Å². The van der Waals surface area contributed by atoms with Crippen LogP contribution in [-0.2, 0) is 6.42 Å². The first-order valence-corrected chi connectivity index (χ1v) is 6.23. The van der Waals surface area contributed by atoms with E-state index in [0.717, 1.165) is 27.9 Å². The molecule has 0 aliphatic rings. The highest BCUT2D eigenvalue weighted by Crippen LogP contribution is 2.22. The van der Waals surface area contributed by atoms with Crippen LogP contribution in [0.5, 0.6) is 0 Å². The Hall–Kier alpha value is 0.100. The molecule has 0 aromatic carbocycles. The van der Waals surface area contributed by atoms with Crippen molar-refractivity contribution in [2.75, 3.05) is 0 Å². The SMILES string of the molecule is CCCc1nc(C(C)C)nc(Cl)c1I. The van der Waals surface area contributed by atoms with Gasteiger partial charge in [-0.3, -0.25) is 0 Å². The summed E-state index contributed by atoms with van der Waals surface area (Å²) in [5.74, 6) is 1.18. The van der Waals surface area contributed by atoms with Crippen LogP contribution >= 0.6 is 34.2 Å². The highest BCUT2D eigenvalue weighted by atomic mass is 127. The normalized spacial score (nSPS) is 11.0. The van der Waals surface area contributed by atoms with E-state index in [9.17, 15) is 0 Å². The molecule has 0 aliphatic carbocycles. The predicted octanol–water partition coefficient (Wildman–Crippen LogP) is 3.81. The Morgan fingerprint density at radius 3 is 2.50 bits per heavy atom. The third kappa shape index (κ3) is 2.79. The molecule has 0 atom stereocenters. The second-order valence-electron chi connectivity index (χ2n) is 3.54. The first-order valence-electron chi connectivity index (χ1n) is 4.78. The van der Waals surface area contributed by atoms with Gasteiger partial charge in [-0.1, -0.05) is 38.8 Å². The zero-order valence-electron chi connectivity index (χ0n) is 8.64. The maximum Gasteiger partial charge on any atom is 0.146 e. The minimum Gasteiger partial charge on any atom is -0.236 e. The lowest BCUT2D eigenvalue weighted by atomic mass is 10.2. The van der Waals surface area contributed by atoms with E-state index in [1.165, 1.54) is 0 Å². The van der Waals surface area contributed by atoms with Crippen molar-refractivity contribution in [3.05, 3.63) is 20.2 Å². The van der Waals surface area contributed by atoms with Crippen LogP contribution in [0.15, 0.2) is 0 Å². The first-order chi connectivity index (χ1) is 6.56. The van der Waals surface area contributed by atoms with Gasteiger partial charge in [-0.2, -0.15) is 0 Å². The van der Waals surface area contributed by atoms with Crippen molar-refractivity contribution < 1.29 is 0 Å². The lowest BCUT2D eigenvalue weighted by molar-refractivity contribution is 0.744. The third-order valence-corrected chi connectivity index (χ3v) is 3.63. The Kier molecular flexibility index (Phi) is 4.57. The van der Waals surface area contributed by atoms with Crippen LogP contribution in [0.1, 0.15) is 44.6 Å². The summed E-state index contributed by atoms with van der Waals surface area (Å²) in [5, 5.41) is 0.591. The fourth-order valence-electron chi connectivity index (χ4n) is 1.14. The van der Waals surface area contributed by atoms with E-state index in [-0.39, 0.29) is 0 Å². The van der Waals surface area contributed by atoms with E-state index in [4.69, 9.17) is 11.6 Å². The average Bonchev–Trinajstić information content (AvgIpc) is 2.12.